The molecule has 0 bridgehead atoms. The first-order valence-corrected chi connectivity index (χ1v) is 12.1. The minimum atomic E-state index is -0.628. The molecule has 1 aliphatic rings. The maximum atomic E-state index is 12.3. The van der Waals surface area contributed by atoms with Crippen molar-refractivity contribution in [2.24, 2.45) is 0 Å². The number of ether oxygens (including phenoxy) is 2. The van der Waals surface area contributed by atoms with Gasteiger partial charge in [-0.2, -0.15) is 0 Å². The van der Waals surface area contributed by atoms with E-state index in [1.807, 2.05) is 45.0 Å². The van der Waals surface area contributed by atoms with Crippen LogP contribution < -0.4 is 9.35 Å². The number of aromatic nitrogens is 5. The molecular weight excluding hydrogens is 447 g/mol. The van der Waals surface area contributed by atoms with Crippen LogP contribution in [0.2, 0.25) is 4.71 Å². The van der Waals surface area contributed by atoms with E-state index in [1.165, 1.54) is 0 Å². The number of benzene rings is 1. The second kappa shape index (κ2) is 8.22. The molecule has 1 saturated heterocycles. The number of hydrogen-bond acceptors (Lipinski definition) is 7. The van der Waals surface area contributed by atoms with Gasteiger partial charge in [0.25, 0.3) is 0 Å². The van der Waals surface area contributed by atoms with Crippen LogP contribution in [0, 0.1) is 0 Å². The molecule has 1 fully saturated rings. The molecule has 0 spiro atoms. The van der Waals surface area contributed by atoms with Crippen molar-refractivity contribution < 1.29 is 14.3 Å². The van der Waals surface area contributed by atoms with Crippen LogP contribution >= 0.6 is 0 Å². The molecule has 0 radical (unpaired) electrons. The molecule has 2 atom stereocenters. The zero-order chi connectivity index (χ0) is 21.3. The van der Waals surface area contributed by atoms with E-state index in [2.05, 4.69) is 15.3 Å². The van der Waals surface area contributed by atoms with Gasteiger partial charge in [-0.1, -0.05) is 0 Å². The fourth-order valence-electron chi connectivity index (χ4n) is 3.25. The zero-order valence-corrected chi connectivity index (χ0v) is 19.6. The van der Waals surface area contributed by atoms with E-state index in [4.69, 9.17) is 14.5 Å². The molecule has 2 aromatic heterocycles. The summed E-state index contributed by atoms with van der Waals surface area (Å²) >= 11 is -0.628. The Morgan fingerprint density at radius 2 is 2.00 bits per heavy atom. The number of carbonyl (C=O) groups excluding carboxylic acids is 1. The molecule has 3 aromatic rings. The topological polar surface area (TPSA) is 95.3 Å². The molecule has 9 nitrogen and oxygen atoms in total. The van der Waals surface area contributed by atoms with Crippen LogP contribution in [0.25, 0.3) is 16.9 Å². The zero-order valence-electron chi connectivity index (χ0n) is 17.5. The monoisotopic (exact) mass is 472 g/mol. The number of hydrogen-bond donors (Lipinski definition) is 0. The standard InChI is InChI=1S/C20H25AsN6O3/c1-20(2,3)30-19(28)26-10-9-13(12-26)21-18-22-11-16-17(23-18)27(25-24-16)14-5-7-15(29-4)8-6-14/h5-8,11,13,21H,9-10,12H2,1-4H3. The Balaban J connectivity index is 1.48. The number of carbonyl (C=O) groups is 1. The predicted octanol–water partition coefficient (Wildman–Crippen LogP) is 1.71. The number of methoxy groups -OCH3 is 1. The second-order valence-corrected chi connectivity index (χ2v) is 11.4. The summed E-state index contributed by atoms with van der Waals surface area (Å²) in [6, 6.07) is 7.59. The first-order chi connectivity index (χ1) is 14.3. The van der Waals surface area contributed by atoms with Crippen LogP contribution in [0.1, 0.15) is 27.2 Å². The first-order valence-electron chi connectivity index (χ1n) is 9.80. The third kappa shape index (κ3) is 4.56. The van der Waals surface area contributed by atoms with Gasteiger partial charge in [-0.05, 0) is 0 Å². The average Bonchev–Trinajstić information content (AvgIpc) is 3.34. The van der Waals surface area contributed by atoms with Crippen molar-refractivity contribution in [1.82, 2.24) is 29.9 Å². The number of fused-ring (bicyclic) bond motifs is 1. The molecule has 4 rings (SSSR count). The Hall–Kier alpha value is -2.67. The third-order valence-electron chi connectivity index (χ3n) is 4.68. The summed E-state index contributed by atoms with van der Waals surface area (Å²) in [4.78, 5) is 23.4. The Bertz CT molecular complexity index is 1050. The van der Waals surface area contributed by atoms with Crippen molar-refractivity contribution in [2.75, 3.05) is 20.2 Å². The first kappa shape index (κ1) is 20.6. The molecule has 158 valence electrons. The summed E-state index contributed by atoms with van der Waals surface area (Å²) in [6.45, 7) is 7.07. The quantitative estimate of drug-likeness (QED) is 0.534. The fourth-order valence-corrected chi connectivity index (χ4v) is 5.89. The Morgan fingerprint density at radius 3 is 2.70 bits per heavy atom. The summed E-state index contributed by atoms with van der Waals surface area (Å²) in [5.74, 6) is 0.779. The van der Waals surface area contributed by atoms with Crippen LogP contribution in [-0.2, 0) is 4.74 Å². The fraction of sp³-hybridized carbons (Fsp3) is 0.450. The van der Waals surface area contributed by atoms with Crippen LogP contribution in [0.3, 0.4) is 0 Å². The summed E-state index contributed by atoms with van der Waals surface area (Å²) in [7, 11) is 1.64. The number of rotatable bonds is 4. The van der Waals surface area contributed by atoms with E-state index in [0.29, 0.717) is 22.4 Å². The van der Waals surface area contributed by atoms with E-state index >= 15 is 0 Å². The van der Waals surface area contributed by atoms with E-state index in [-0.39, 0.29) is 6.09 Å². The molecular formula is C20H25AsN6O3. The van der Waals surface area contributed by atoms with Crippen molar-refractivity contribution in [2.45, 2.75) is 37.5 Å². The summed E-state index contributed by atoms with van der Waals surface area (Å²) in [6.07, 6.45) is 2.44. The van der Waals surface area contributed by atoms with Crippen molar-refractivity contribution >= 4 is 37.6 Å². The van der Waals surface area contributed by atoms with Crippen molar-refractivity contribution in [3.8, 4) is 11.4 Å². The van der Waals surface area contributed by atoms with Crippen LogP contribution in [0.15, 0.2) is 30.5 Å². The second-order valence-electron chi connectivity index (χ2n) is 8.16. The van der Waals surface area contributed by atoms with Gasteiger partial charge in [-0.15, -0.1) is 0 Å². The van der Waals surface area contributed by atoms with Gasteiger partial charge in [0.05, 0.1) is 0 Å². The van der Waals surface area contributed by atoms with Gasteiger partial charge in [0.15, 0.2) is 0 Å². The van der Waals surface area contributed by atoms with Gasteiger partial charge in [0.2, 0.25) is 0 Å². The van der Waals surface area contributed by atoms with E-state index in [9.17, 15) is 4.79 Å². The number of nitrogens with zero attached hydrogens (tertiary/aromatic N) is 6. The molecule has 30 heavy (non-hydrogen) atoms. The third-order valence-corrected chi connectivity index (χ3v) is 7.58. The van der Waals surface area contributed by atoms with Gasteiger partial charge >= 0.3 is 181 Å². The Kier molecular flexibility index (Phi) is 5.64. The summed E-state index contributed by atoms with van der Waals surface area (Å²) < 4.78 is 13.7. The van der Waals surface area contributed by atoms with Crippen molar-refractivity contribution in [1.29, 1.82) is 0 Å². The van der Waals surface area contributed by atoms with Crippen LogP contribution in [-0.4, -0.2) is 77.5 Å². The summed E-state index contributed by atoms with van der Waals surface area (Å²) in [5, 5.41) is 8.41. The van der Waals surface area contributed by atoms with Crippen LogP contribution in [0.4, 0.5) is 4.79 Å². The van der Waals surface area contributed by atoms with Crippen molar-refractivity contribution in [3.05, 3.63) is 30.5 Å². The molecule has 0 N–H and O–H groups in total. The molecule has 0 aliphatic carbocycles. The van der Waals surface area contributed by atoms with Gasteiger partial charge in [-0.3, -0.25) is 0 Å². The molecule has 10 heteroatoms. The minimum absolute atomic E-state index is 0.241. The molecule has 0 saturated carbocycles. The molecule has 1 aliphatic heterocycles. The SMILES string of the molecule is COc1ccc(-n2nnc3cnc([AsH]C4CCN(C(=O)OC(C)(C)C)C4)nc32)cc1. The maximum absolute atomic E-state index is 12.3. The van der Waals surface area contributed by atoms with E-state index in [0.717, 1.165) is 29.0 Å². The van der Waals surface area contributed by atoms with E-state index < -0.39 is 21.4 Å². The molecule has 3 heterocycles. The van der Waals surface area contributed by atoms with Gasteiger partial charge < -0.3 is 0 Å². The average molecular weight is 472 g/mol. The van der Waals surface area contributed by atoms with Gasteiger partial charge in [0, 0.05) is 0 Å². The normalized spacial score (nSPS) is 17.2. The molecule has 1 aromatic carbocycles. The van der Waals surface area contributed by atoms with Gasteiger partial charge in [0.1, 0.15) is 0 Å². The van der Waals surface area contributed by atoms with Crippen molar-refractivity contribution in [3.63, 3.8) is 0 Å². The Morgan fingerprint density at radius 1 is 1.23 bits per heavy atom. The summed E-state index contributed by atoms with van der Waals surface area (Å²) in [5.41, 5.74) is 1.73. The van der Waals surface area contributed by atoms with Gasteiger partial charge in [-0.25, -0.2) is 0 Å². The Labute approximate surface area is 181 Å². The molecule has 2 unspecified atom stereocenters. The number of amides is 1. The van der Waals surface area contributed by atoms with Crippen LogP contribution in [0.5, 0.6) is 5.75 Å². The predicted molar refractivity (Wildman–Crippen MR) is 114 cm³/mol. The number of likely N-dealkylation sites (tertiary alicyclic amines) is 1. The molecule has 1 amide bonds. The van der Waals surface area contributed by atoms with E-state index in [1.54, 1.807) is 22.9 Å².